The zero-order valence-corrected chi connectivity index (χ0v) is 12.6. The number of nitrogens with zero attached hydrogens (tertiary/aromatic N) is 1. The van der Waals surface area contributed by atoms with Gasteiger partial charge in [-0.1, -0.05) is 18.7 Å². The van der Waals surface area contributed by atoms with E-state index >= 15 is 0 Å². The summed E-state index contributed by atoms with van der Waals surface area (Å²) in [4.78, 5) is 6.54. The third-order valence-corrected chi connectivity index (χ3v) is 5.70. The van der Waals surface area contributed by atoms with E-state index in [0.29, 0.717) is 17.3 Å². The van der Waals surface area contributed by atoms with Crippen molar-refractivity contribution in [3.05, 3.63) is 21.9 Å². The normalized spacial score (nSPS) is 34.1. The smallest absolute Gasteiger partial charge is 0.157 e. The van der Waals surface area contributed by atoms with Crippen LogP contribution in [0.4, 0.5) is 0 Å². The summed E-state index contributed by atoms with van der Waals surface area (Å²) in [6.07, 6.45) is 4.97. The Balaban J connectivity index is 1.80. The van der Waals surface area contributed by atoms with Crippen molar-refractivity contribution in [3.8, 4) is 0 Å². The molecule has 0 bridgehead atoms. The Hall–Kier alpha value is -0.480. The number of aryl methyl sites for hydroxylation is 1. The molecule has 1 N–H and O–H groups in total. The van der Waals surface area contributed by atoms with E-state index in [1.165, 1.54) is 31.2 Å². The van der Waals surface area contributed by atoms with Gasteiger partial charge >= 0.3 is 0 Å². The van der Waals surface area contributed by atoms with Crippen LogP contribution in [0.2, 0.25) is 0 Å². The molecule has 0 aromatic carbocycles. The zero-order chi connectivity index (χ0) is 12.5. The van der Waals surface area contributed by atoms with Gasteiger partial charge in [-0.25, -0.2) is 0 Å². The standard InChI is InChI=1S/C14H20N2S2/c1-9-8-10(2)18-14(15-9)16-12-4-3-5-13-11(12)6-7-17-13/h6-7,9-10,12H,3-5,8H2,1-2H3,(H,15,16). The number of aliphatic imine (C=N–C) groups is 1. The van der Waals surface area contributed by atoms with Gasteiger partial charge in [0, 0.05) is 16.2 Å². The Morgan fingerprint density at radius 2 is 2.28 bits per heavy atom. The maximum atomic E-state index is 4.98. The number of amidine groups is 1. The van der Waals surface area contributed by atoms with Crippen molar-refractivity contribution in [2.24, 2.45) is 4.99 Å². The summed E-state index contributed by atoms with van der Waals surface area (Å²) in [6, 6.07) is 3.23. The van der Waals surface area contributed by atoms with Crippen molar-refractivity contribution in [1.29, 1.82) is 0 Å². The largest absolute Gasteiger partial charge is 0.362 e. The first-order chi connectivity index (χ1) is 8.72. The molecule has 3 atom stereocenters. The fourth-order valence-corrected chi connectivity index (χ4v) is 5.05. The van der Waals surface area contributed by atoms with E-state index in [1.807, 2.05) is 23.1 Å². The summed E-state index contributed by atoms with van der Waals surface area (Å²) >= 11 is 3.80. The summed E-state index contributed by atoms with van der Waals surface area (Å²) in [7, 11) is 0. The molecule has 3 unspecified atom stereocenters. The van der Waals surface area contributed by atoms with Crippen molar-refractivity contribution < 1.29 is 0 Å². The lowest BCUT2D eigenvalue weighted by atomic mass is 9.95. The molecule has 0 radical (unpaired) electrons. The molecule has 0 saturated carbocycles. The van der Waals surface area contributed by atoms with Crippen LogP contribution in [0.5, 0.6) is 0 Å². The second kappa shape index (κ2) is 5.25. The molecular weight excluding hydrogens is 260 g/mol. The van der Waals surface area contributed by atoms with Crippen molar-refractivity contribution in [2.45, 2.75) is 56.9 Å². The van der Waals surface area contributed by atoms with Gasteiger partial charge in [0.2, 0.25) is 0 Å². The molecule has 1 aliphatic carbocycles. The van der Waals surface area contributed by atoms with Crippen LogP contribution < -0.4 is 5.32 Å². The monoisotopic (exact) mass is 280 g/mol. The van der Waals surface area contributed by atoms with Gasteiger partial charge in [0.15, 0.2) is 5.17 Å². The molecule has 2 nitrogen and oxygen atoms in total. The predicted octanol–water partition coefficient (Wildman–Crippen LogP) is 3.99. The predicted molar refractivity (Wildman–Crippen MR) is 81.7 cm³/mol. The number of hydrogen-bond donors (Lipinski definition) is 1. The topological polar surface area (TPSA) is 24.4 Å². The number of thioether (sulfide) groups is 1. The summed E-state index contributed by atoms with van der Waals surface area (Å²) in [6.45, 7) is 4.55. The van der Waals surface area contributed by atoms with Crippen molar-refractivity contribution >= 4 is 28.3 Å². The lowest BCUT2D eigenvalue weighted by Gasteiger charge is -2.28. The third-order valence-electron chi connectivity index (χ3n) is 3.66. The molecule has 4 heteroatoms. The number of thiophene rings is 1. The minimum atomic E-state index is 0.396. The van der Waals surface area contributed by atoms with Crippen LogP contribution >= 0.6 is 23.1 Å². The first kappa shape index (κ1) is 12.5. The first-order valence-corrected chi connectivity index (χ1v) is 8.55. The average molecular weight is 280 g/mol. The van der Waals surface area contributed by atoms with Crippen molar-refractivity contribution in [2.75, 3.05) is 0 Å². The van der Waals surface area contributed by atoms with Gasteiger partial charge in [0.25, 0.3) is 0 Å². The number of rotatable bonds is 1. The van der Waals surface area contributed by atoms with Crippen LogP contribution in [0.25, 0.3) is 0 Å². The fourth-order valence-electron chi connectivity index (χ4n) is 2.85. The van der Waals surface area contributed by atoms with Crippen molar-refractivity contribution in [3.63, 3.8) is 0 Å². The average Bonchev–Trinajstić information content (AvgIpc) is 2.76. The summed E-state index contributed by atoms with van der Waals surface area (Å²) in [5.41, 5.74) is 1.48. The van der Waals surface area contributed by atoms with Gasteiger partial charge in [-0.3, -0.25) is 4.99 Å². The number of hydrogen-bond acceptors (Lipinski definition) is 3. The van der Waals surface area contributed by atoms with Gasteiger partial charge < -0.3 is 5.32 Å². The van der Waals surface area contributed by atoms with Crippen LogP contribution in [-0.4, -0.2) is 16.5 Å². The highest BCUT2D eigenvalue weighted by atomic mass is 32.2. The molecule has 1 saturated heterocycles. The molecule has 2 aliphatic rings. The van der Waals surface area contributed by atoms with Crippen LogP contribution in [0.3, 0.4) is 0 Å². The fraction of sp³-hybridized carbons (Fsp3) is 0.643. The molecule has 2 heterocycles. The molecule has 1 aliphatic heterocycles. The van der Waals surface area contributed by atoms with Gasteiger partial charge in [-0.05, 0) is 49.6 Å². The van der Waals surface area contributed by atoms with Crippen LogP contribution in [0.15, 0.2) is 16.4 Å². The second-order valence-electron chi connectivity index (χ2n) is 5.35. The number of fused-ring (bicyclic) bond motifs is 1. The Labute approximate surface area is 117 Å². The van der Waals surface area contributed by atoms with E-state index in [-0.39, 0.29) is 0 Å². The third kappa shape index (κ3) is 2.59. The Kier molecular flexibility index (Phi) is 3.66. The van der Waals surface area contributed by atoms with Gasteiger partial charge in [-0.2, -0.15) is 0 Å². The van der Waals surface area contributed by atoms with Gasteiger partial charge in [0.05, 0.1) is 6.04 Å². The Morgan fingerprint density at radius 3 is 3.11 bits per heavy atom. The van der Waals surface area contributed by atoms with Crippen LogP contribution in [0, 0.1) is 0 Å². The molecule has 1 aromatic heterocycles. The lowest BCUT2D eigenvalue weighted by molar-refractivity contribution is 0.565. The second-order valence-corrected chi connectivity index (χ2v) is 7.78. The lowest BCUT2D eigenvalue weighted by Crippen LogP contribution is -2.38. The minimum Gasteiger partial charge on any atom is -0.362 e. The summed E-state index contributed by atoms with van der Waals surface area (Å²) < 4.78 is 0. The van der Waals surface area contributed by atoms with Gasteiger partial charge in [0.1, 0.15) is 0 Å². The van der Waals surface area contributed by atoms with E-state index in [9.17, 15) is 0 Å². The van der Waals surface area contributed by atoms with E-state index in [4.69, 9.17) is 4.99 Å². The highest BCUT2D eigenvalue weighted by Crippen LogP contribution is 2.37. The summed E-state index contributed by atoms with van der Waals surface area (Å²) in [5.74, 6) is 0. The molecular formula is C14H20N2S2. The molecule has 98 valence electrons. The molecule has 18 heavy (non-hydrogen) atoms. The summed E-state index contributed by atoms with van der Waals surface area (Å²) in [5, 5.41) is 7.59. The first-order valence-electron chi connectivity index (χ1n) is 6.79. The molecule has 1 fully saturated rings. The molecule has 1 aromatic rings. The van der Waals surface area contributed by atoms with Crippen LogP contribution in [-0.2, 0) is 6.42 Å². The van der Waals surface area contributed by atoms with E-state index in [0.717, 1.165) is 5.17 Å². The highest BCUT2D eigenvalue weighted by molar-refractivity contribution is 8.14. The molecule has 0 amide bonds. The highest BCUT2D eigenvalue weighted by Gasteiger charge is 2.24. The maximum Gasteiger partial charge on any atom is 0.157 e. The maximum absolute atomic E-state index is 4.98. The quantitative estimate of drug-likeness (QED) is 0.841. The Morgan fingerprint density at radius 1 is 1.39 bits per heavy atom. The number of nitrogens with one attached hydrogen (secondary N) is 1. The molecule has 0 spiro atoms. The van der Waals surface area contributed by atoms with Gasteiger partial charge in [-0.15, -0.1) is 11.3 Å². The molecule has 3 rings (SSSR count). The van der Waals surface area contributed by atoms with Crippen LogP contribution in [0.1, 0.15) is 49.6 Å². The van der Waals surface area contributed by atoms with E-state index < -0.39 is 0 Å². The van der Waals surface area contributed by atoms with E-state index in [1.54, 1.807) is 4.88 Å². The zero-order valence-electron chi connectivity index (χ0n) is 11.0. The minimum absolute atomic E-state index is 0.396. The Bertz CT molecular complexity index is 440. The van der Waals surface area contributed by atoms with Crippen molar-refractivity contribution in [1.82, 2.24) is 5.32 Å². The SMILES string of the molecule is CC1CC(C)SC(=NC2CCCc3sccc32)N1. The van der Waals surface area contributed by atoms with E-state index in [2.05, 4.69) is 30.6 Å².